The van der Waals surface area contributed by atoms with Crippen molar-refractivity contribution in [2.75, 3.05) is 0 Å². The van der Waals surface area contributed by atoms with Gasteiger partial charge in [-0.1, -0.05) is 38.5 Å². The van der Waals surface area contributed by atoms with E-state index in [9.17, 15) is 0 Å². The van der Waals surface area contributed by atoms with Gasteiger partial charge in [-0.05, 0) is 103 Å². The van der Waals surface area contributed by atoms with E-state index < -0.39 is 0 Å². The Labute approximate surface area is 209 Å². The van der Waals surface area contributed by atoms with E-state index in [4.69, 9.17) is 18.9 Å². The highest BCUT2D eigenvalue weighted by Crippen LogP contribution is 2.34. The molecule has 0 saturated heterocycles. The second-order valence-electron chi connectivity index (χ2n) is 12.3. The van der Waals surface area contributed by atoms with Crippen LogP contribution in [-0.4, -0.2) is 48.8 Å². The molecule has 0 amide bonds. The van der Waals surface area contributed by atoms with Gasteiger partial charge in [0.1, 0.15) is 0 Å². The minimum Gasteiger partial charge on any atom is -0.375 e. The van der Waals surface area contributed by atoms with E-state index in [0.29, 0.717) is 48.8 Å². The molecule has 0 aromatic carbocycles. The molecule has 196 valence electrons. The quantitative estimate of drug-likeness (QED) is 0.360. The van der Waals surface area contributed by atoms with Crippen molar-refractivity contribution in [2.45, 2.75) is 190 Å². The average molecular weight is 477 g/mol. The number of hydrogen-bond acceptors (Lipinski definition) is 4. The smallest absolute Gasteiger partial charge is 0.0603 e. The molecule has 2 unspecified atom stereocenters. The molecule has 5 fully saturated rings. The SMILES string of the molecule is C1CCC(OC2CCC(OC3CCCC(OC4CCC(OC5CCCCC5)CC4)C3)CC2)CC1. The topological polar surface area (TPSA) is 36.9 Å². The molecule has 0 N–H and O–H groups in total. The molecule has 0 aromatic heterocycles. The van der Waals surface area contributed by atoms with Gasteiger partial charge in [-0.2, -0.15) is 0 Å². The van der Waals surface area contributed by atoms with Crippen molar-refractivity contribution in [3.05, 3.63) is 0 Å². The Kier molecular flexibility index (Phi) is 10.0. The summed E-state index contributed by atoms with van der Waals surface area (Å²) >= 11 is 0. The minimum absolute atomic E-state index is 0.408. The fourth-order valence-electron chi connectivity index (χ4n) is 7.45. The molecule has 0 bridgehead atoms. The Hall–Kier alpha value is -0.160. The predicted molar refractivity (Wildman–Crippen MR) is 136 cm³/mol. The van der Waals surface area contributed by atoms with E-state index in [0.717, 1.165) is 6.42 Å². The van der Waals surface area contributed by atoms with Crippen LogP contribution in [0.1, 0.15) is 141 Å². The number of hydrogen-bond donors (Lipinski definition) is 0. The molecule has 5 rings (SSSR count). The van der Waals surface area contributed by atoms with Crippen molar-refractivity contribution in [2.24, 2.45) is 0 Å². The summed E-state index contributed by atoms with van der Waals surface area (Å²) < 4.78 is 26.1. The van der Waals surface area contributed by atoms with Crippen molar-refractivity contribution >= 4 is 0 Å². The van der Waals surface area contributed by atoms with Crippen LogP contribution in [0.25, 0.3) is 0 Å². The number of ether oxygens (including phenoxy) is 4. The number of rotatable bonds is 8. The lowest BCUT2D eigenvalue weighted by atomic mass is 9.90. The molecular weight excluding hydrogens is 424 g/mol. The van der Waals surface area contributed by atoms with Gasteiger partial charge in [0.05, 0.1) is 48.8 Å². The van der Waals surface area contributed by atoms with Crippen LogP contribution in [0.4, 0.5) is 0 Å². The van der Waals surface area contributed by atoms with Crippen LogP contribution in [0.15, 0.2) is 0 Å². The maximum Gasteiger partial charge on any atom is 0.0603 e. The summed E-state index contributed by atoms with van der Waals surface area (Å²) in [4.78, 5) is 0. The lowest BCUT2D eigenvalue weighted by Gasteiger charge is -2.38. The first-order valence-electron chi connectivity index (χ1n) is 15.4. The Bertz CT molecular complexity index is 506. The van der Waals surface area contributed by atoms with Crippen molar-refractivity contribution in [3.63, 3.8) is 0 Å². The third-order valence-corrected chi connectivity index (χ3v) is 9.46. The predicted octanol–water partition coefficient (Wildman–Crippen LogP) is 7.65. The van der Waals surface area contributed by atoms with Crippen LogP contribution < -0.4 is 0 Å². The second kappa shape index (κ2) is 13.4. The summed E-state index contributed by atoms with van der Waals surface area (Å²) in [6.07, 6.45) is 31.5. The standard InChI is InChI=1S/C30H52O4/c1-3-8-23(9-4-1)31-25-14-18-27(19-15-25)33-29-12-7-13-30(22-29)34-28-20-16-26(17-21-28)32-24-10-5-2-6-11-24/h23-30H,1-22H2. The normalized spacial score (nSPS) is 39.2. The van der Waals surface area contributed by atoms with Crippen molar-refractivity contribution in [1.29, 1.82) is 0 Å². The van der Waals surface area contributed by atoms with E-state index >= 15 is 0 Å². The van der Waals surface area contributed by atoms with Crippen molar-refractivity contribution < 1.29 is 18.9 Å². The molecule has 0 spiro atoms. The largest absolute Gasteiger partial charge is 0.375 e. The lowest BCUT2D eigenvalue weighted by Crippen LogP contribution is -2.37. The maximum atomic E-state index is 6.64. The van der Waals surface area contributed by atoms with Crippen molar-refractivity contribution in [1.82, 2.24) is 0 Å². The van der Waals surface area contributed by atoms with Gasteiger partial charge in [-0.25, -0.2) is 0 Å². The molecule has 0 heterocycles. The summed E-state index contributed by atoms with van der Waals surface area (Å²) in [5.41, 5.74) is 0. The van der Waals surface area contributed by atoms with Gasteiger partial charge in [-0.3, -0.25) is 0 Å². The summed E-state index contributed by atoms with van der Waals surface area (Å²) in [6, 6.07) is 0. The van der Waals surface area contributed by atoms with Crippen LogP contribution >= 0.6 is 0 Å². The van der Waals surface area contributed by atoms with Gasteiger partial charge in [0.15, 0.2) is 0 Å². The van der Waals surface area contributed by atoms with E-state index in [1.807, 2.05) is 0 Å². The molecule has 0 aromatic rings. The third kappa shape index (κ3) is 7.92. The first-order valence-corrected chi connectivity index (χ1v) is 15.4. The molecule has 34 heavy (non-hydrogen) atoms. The summed E-state index contributed by atoms with van der Waals surface area (Å²) in [5, 5.41) is 0. The molecule has 0 aliphatic heterocycles. The minimum atomic E-state index is 0.408. The van der Waals surface area contributed by atoms with E-state index in [1.54, 1.807) is 0 Å². The highest BCUT2D eigenvalue weighted by Gasteiger charge is 2.32. The molecule has 0 radical (unpaired) electrons. The van der Waals surface area contributed by atoms with Gasteiger partial charge in [0.2, 0.25) is 0 Å². The summed E-state index contributed by atoms with van der Waals surface area (Å²) in [5.74, 6) is 0. The third-order valence-electron chi connectivity index (χ3n) is 9.46. The highest BCUT2D eigenvalue weighted by molar-refractivity contribution is 4.82. The maximum absolute atomic E-state index is 6.64. The van der Waals surface area contributed by atoms with Crippen molar-refractivity contribution in [3.8, 4) is 0 Å². The average Bonchev–Trinajstić information content (AvgIpc) is 2.88. The summed E-state index contributed by atoms with van der Waals surface area (Å²) in [6.45, 7) is 0. The molecule has 4 nitrogen and oxygen atoms in total. The zero-order valence-corrected chi connectivity index (χ0v) is 21.8. The van der Waals surface area contributed by atoms with Gasteiger partial charge < -0.3 is 18.9 Å². The molecule has 4 heteroatoms. The molecule has 5 aliphatic rings. The van der Waals surface area contributed by atoms with Gasteiger partial charge >= 0.3 is 0 Å². The van der Waals surface area contributed by atoms with E-state index in [1.165, 1.54) is 135 Å². The Balaban J connectivity index is 0.961. The molecule has 2 atom stereocenters. The first kappa shape index (κ1) is 25.5. The van der Waals surface area contributed by atoms with Crippen LogP contribution in [0, 0.1) is 0 Å². The Morgan fingerprint density at radius 3 is 0.853 bits per heavy atom. The molecule has 5 saturated carbocycles. The zero-order valence-electron chi connectivity index (χ0n) is 21.8. The lowest BCUT2D eigenvalue weighted by molar-refractivity contribution is -0.126. The van der Waals surface area contributed by atoms with Crippen LogP contribution in [-0.2, 0) is 18.9 Å². The first-order chi connectivity index (χ1) is 16.8. The molecule has 5 aliphatic carbocycles. The van der Waals surface area contributed by atoms with Gasteiger partial charge in [0, 0.05) is 0 Å². The van der Waals surface area contributed by atoms with Crippen LogP contribution in [0.5, 0.6) is 0 Å². The fourth-order valence-corrected chi connectivity index (χ4v) is 7.45. The fraction of sp³-hybridized carbons (Fsp3) is 1.00. The Morgan fingerprint density at radius 2 is 0.500 bits per heavy atom. The molecular formula is C30H52O4. The monoisotopic (exact) mass is 476 g/mol. The van der Waals surface area contributed by atoms with Crippen LogP contribution in [0.3, 0.4) is 0 Å². The highest BCUT2D eigenvalue weighted by atomic mass is 16.5. The van der Waals surface area contributed by atoms with Crippen LogP contribution in [0.2, 0.25) is 0 Å². The second-order valence-corrected chi connectivity index (χ2v) is 12.3. The van der Waals surface area contributed by atoms with Gasteiger partial charge in [0.25, 0.3) is 0 Å². The summed E-state index contributed by atoms with van der Waals surface area (Å²) in [7, 11) is 0. The Morgan fingerprint density at radius 1 is 0.235 bits per heavy atom. The van der Waals surface area contributed by atoms with Gasteiger partial charge in [-0.15, -0.1) is 0 Å². The van der Waals surface area contributed by atoms with E-state index in [-0.39, 0.29) is 0 Å². The zero-order chi connectivity index (χ0) is 23.0. The van der Waals surface area contributed by atoms with E-state index in [2.05, 4.69) is 0 Å².